The number of primary amides is 1. The van der Waals surface area contributed by atoms with Gasteiger partial charge in [0, 0.05) is 13.0 Å². The van der Waals surface area contributed by atoms with Crippen LogP contribution in [0.15, 0.2) is 28.8 Å². The molecule has 0 bridgehead atoms. The molecule has 18 nitrogen and oxygen atoms in total. The van der Waals surface area contributed by atoms with Crippen LogP contribution in [0.25, 0.3) is 0 Å². The molecule has 0 aliphatic heterocycles. The number of carboxylic acid groups (broad SMARTS) is 1. The Bertz CT molecular complexity index is 1130. The number of amides is 6. The number of hydrogen-bond acceptors (Lipinski definition) is 9. The third-order valence-corrected chi connectivity index (χ3v) is 5.86. The number of rotatable bonds is 20. The Morgan fingerprint density at radius 2 is 1.51 bits per heavy atom. The van der Waals surface area contributed by atoms with Gasteiger partial charge in [0.05, 0.1) is 26.1 Å². The van der Waals surface area contributed by atoms with Crippen LogP contribution in [0.4, 0.5) is 0 Å². The summed E-state index contributed by atoms with van der Waals surface area (Å²) in [6.07, 6.45) is 6.70. The summed E-state index contributed by atoms with van der Waals surface area (Å²) in [6, 6.07) is -4.36. The van der Waals surface area contributed by atoms with Crippen LogP contribution in [0.1, 0.15) is 38.5 Å². The number of aliphatic hydroxyl groups excluding tert-OH is 1. The van der Waals surface area contributed by atoms with E-state index in [1.54, 1.807) is 0 Å². The van der Waals surface area contributed by atoms with Crippen LogP contribution in [-0.4, -0.2) is 102 Å². The van der Waals surface area contributed by atoms with Gasteiger partial charge in [0.2, 0.25) is 35.4 Å². The van der Waals surface area contributed by atoms with Crippen LogP contribution in [0.5, 0.6) is 0 Å². The van der Waals surface area contributed by atoms with Gasteiger partial charge in [-0.05, 0) is 25.7 Å². The molecule has 238 valence electrons. The van der Waals surface area contributed by atoms with E-state index in [4.69, 9.17) is 27.4 Å². The molecule has 0 aromatic carbocycles. The van der Waals surface area contributed by atoms with Crippen molar-refractivity contribution >= 4 is 47.4 Å². The largest absolute Gasteiger partial charge is 0.481 e. The highest BCUT2D eigenvalue weighted by Gasteiger charge is 2.28. The lowest BCUT2D eigenvalue weighted by Crippen LogP contribution is -2.56. The summed E-state index contributed by atoms with van der Waals surface area (Å²) in [5.41, 5.74) is 16.7. The number of hydrogen-bond donors (Lipinski definition) is 10. The molecular weight excluding hydrogens is 570 g/mol. The second-order valence-electron chi connectivity index (χ2n) is 9.38. The Labute approximate surface area is 246 Å². The van der Waals surface area contributed by atoms with Gasteiger partial charge >= 0.3 is 5.97 Å². The van der Waals surface area contributed by atoms with Crippen LogP contribution < -0.4 is 43.8 Å². The maximum absolute atomic E-state index is 12.8. The Morgan fingerprint density at radius 1 is 0.860 bits per heavy atom. The first-order valence-corrected chi connectivity index (χ1v) is 13.3. The fourth-order valence-electron chi connectivity index (χ4n) is 3.63. The SMILES string of the molecule is NC(=O)[C@H](CO)NC(=O)[C@H](CC(=O)O)NC(=O)CNC(=O)[C@H](CCCN=C(N)N)NC(=O)CNC(=O)CCC1=CC=CC1. The summed E-state index contributed by atoms with van der Waals surface area (Å²) in [5, 5.41) is 29.6. The van der Waals surface area contributed by atoms with Crippen LogP contribution in [-0.2, 0) is 33.6 Å². The lowest BCUT2D eigenvalue weighted by molar-refractivity contribution is -0.141. The monoisotopic (exact) mass is 609 g/mol. The molecule has 13 N–H and O–H groups in total. The molecule has 18 heteroatoms. The first kappa shape index (κ1) is 36.0. The minimum absolute atomic E-state index is 0.0464. The van der Waals surface area contributed by atoms with Gasteiger partial charge in [-0.3, -0.25) is 38.6 Å². The molecule has 0 aromatic heterocycles. The average Bonchev–Trinajstić information content (AvgIpc) is 3.46. The van der Waals surface area contributed by atoms with E-state index >= 15 is 0 Å². The second-order valence-corrected chi connectivity index (χ2v) is 9.38. The highest BCUT2D eigenvalue weighted by molar-refractivity contribution is 5.95. The molecule has 0 aromatic rings. The molecule has 0 saturated carbocycles. The second kappa shape index (κ2) is 19.2. The third kappa shape index (κ3) is 15.5. The molecule has 0 heterocycles. The van der Waals surface area contributed by atoms with E-state index in [0.717, 1.165) is 12.0 Å². The lowest BCUT2D eigenvalue weighted by atomic mass is 10.1. The van der Waals surface area contributed by atoms with Crippen LogP contribution >= 0.6 is 0 Å². The molecule has 43 heavy (non-hydrogen) atoms. The predicted octanol–water partition coefficient (Wildman–Crippen LogP) is -4.65. The zero-order valence-electron chi connectivity index (χ0n) is 23.5. The molecular formula is C25H39N9O9. The van der Waals surface area contributed by atoms with Gasteiger partial charge in [0.25, 0.3) is 0 Å². The predicted molar refractivity (Wildman–Crippen MR) is 151 cm³/mol. The molecule has 0 saturated heterocycles. The van der Waals surface area contributed by atoms with Gasteiger partial charge in [-0.15, -0.1) is 0 Å². The topological polar surface area (TPSA) is 311 Å². The van der Waals surface area contributed by atoms with Crippen molar-refractivity contribution < 1.29 is 43.8 Å². The molecule has 1 rings (SSSR count). The number of nitrogens with zero attached hydrogens (tertiary/aromatic N) is 1. The molecule has 1 aliphatic carbocycles. The molecule has 0 unspecified atom stereocenters. The molecule has 6 amide bonds. The van der Waals surface area contributed by atoms with Gasteiger partial charge in [-0.2, -0.15) is 0 Å². The number of carbonyl (C=O) groups is 7. The van der Waals surface area contributed by atoms with E-state index in [1.807, 2.05) is 23.5 Å². The Morgan fingerprint density at radius 3 is 2.07 bits per heavy atom. The molecule has 3 atom stereocenters. The minimum Gasteiger partial charge on any atom is -0.481 e. The van der Waals surface area contributed by atoms with Crippen molar-refractivity contribution in [1.29, 1.82) is 0 Å². The number of guanidine groups is 1. The average molecular weight is 610 g/mol. The Balaban J connectivity index is 2.72. The number of aliphatic imine (C=N–C) groups is 1. The van der Waals surface area contributed by atoms with Crippen molar-refractivity contribution in [1.82, 2.24) is 26.6 Å². The van der Waals surface area contributed by atoms with E-state index in [9.17, 15) is 33.6 Å². The van der Waals surface area contributed by atoms with Gasteiger partial charge in [0.15, 0.2) is 5.96 Å². The van der Waals surface area contributed by atoms with E-state index < -0.39 is 79.7 Å². The number of aliphatic carboxylic acids is 1. The Kier molecular flexibility index (Phi) is 16.1. The molecule has 1 aliphatic rings. The lowest BCUT2D eigenvalue weighted by Gasteiger charge is -2.21. The van der Waals surface area contributed by atoms with Crippen molar-refractivity contribution in [2.45, 2.75) is 56.7 Å². The number of carboxylic acids is 1. The third-order valence-electron chi connectivity index (χ3n) is 5.86. The van der Waals surface area contributed by atoms with E-state index in [1.165, 1.54) is 0 Å². The standard InChI is InChI=1S/C25H39N9O9/c26-22(41)17(13-35)34-24(43)16(10-21(39)40)33-20(38)12-31-23(42)15(6-3-9-29-25(27)28)32-19(37)11-30-18(36)8-7-14-4-1-2-5-14/h1-2,4,15-17,35H,3,5-13H2,(H2,26,41)(H,30,36)(H,31,42)(H,32,37)(H,33,38)(H,34,43)(H,39,40)(H4,27,28,29)/t15-,16-,17-/m0/s1. The van der Waals surface area contributed by atoms with E-state index in [-0.39, 0.29) is 37.7 Å². The van der Waals surface area contributed by atoms with Crippen molar-refractivity contribution in [3.05, 3.63) is 23.8 Å². The normalized spacial score (nSPS) is 13.8. The summed E-state index contributed by atoms with van der Waals surface area (Å²) in [4.78, 5) is 88.4. The van der Waals surface area contributed by atoms with Crippen LogP contribution in [0.3, 0.4) is 0 Å². The smallest absolute Gasteiger partial charge is 0.305 e. The zero-order chi connectivity index (χ0) is 32.4. The number of nitrogens with two attached hydrogens (primary N) is 3. The maximum atomic E-state index is 12.8. The fraction of sp³-hybridized carbons (Fsp3) is 0.520. The Hall–Kier alpha value is -5.00. The summed E-state index contributed by atoms with van der Waals surface area (Å²) < 4.78 is 0. The van der Waals surface area contributed by atoms with Crippen molar-refractivity contribution in [3.63, 3.8) is 0 Å². The summed E-state index contributed by atoms with van der Waals surface area (Å²) >= 11 is 0. The fourth-order valence-corrected chi connectivity index (χ4v) is 3.63. The highest BCUT2D eigenvalue weighted by atomic mass is 16.4. The van der Waals surface area contributed by atoms with Crippen molar-refractivity contribution in [2.24, 2.45) is 22.2 Å². The maximum Gasteiger partial charge on any atom is 0.305 e. The molecule has 0 radical (unpaired) electrons. The van der Waals surface area contributed by atoms with Crippen molar-refractivity contribution in [2.75, 3.05) is 26.2 Å². The molecule has 0 spiro atoms. The van der Waals surface area contributed by atoms with Gasteiger partial charge < -0.3 is 54.0 Å². The molecule has 0 fully saturated rings. The summed E-state index contributed by atoms with van der Waals surface area (Å²) in [7, 11) is 0. The van der Waals surface area contributed by atoms with Crippen molar-refractivity contribution in [3.8, 4) is 0 Å². The van der Waals surface area contributed by atoms with Gasteiger partial charge in [0.1, 0.15) is 18.1 Å². The quantitative estimate of drug-likeness (QED) is 0.0355. The number of carbonyl (C=O) groups excluding carboxylic acids is 6. The number of allylic oxidation sites excluding steroid dienone is 4. The van der Waals surface area contributed by atoms with E-state index in [2.05, 4.69) is 26.3 Å². The number of nitrogens with one attached hydrogen (secondary N) is 5. The first-order chi connectivity index (χ1) is 20.3. The van der Waals surface area contributed by atoms with Crippen LogP contribution in [0.2, 0.25) is 0 Å². The van der Waals surface area contributed by atoms with Crippen LogP contribution in [0, 0.1) is 0 Å². The minimum atomic E-state index is -1.67. The van der Waals surface area contributed by atoms with E-state index in [0.29, 0.717) is 6.42 Å². The van der Waals surface area contributed by atoms with Gasteiger partial charge in [-0.25, -0.2) is 0 Å². The van der Waals surface area contributed by atoms with Gasteiger partial charge in [-0.1, -0.05) is 23.8 Å². The zero-order valence-corrected chi connectivity index (χ0v) is 23.5. The highest BCUT2D eigenvalue weighted by Crippen LogP contribution is 2.15. The number of aliphatic hydroxyl groups is 1. The summed E-state index contributed by atoms with van der Waals surface area (Å²) in [6.45, 7) is -1.85. The first-order valence-electron chi connectivity index (χ1n) is 13.3. The summed E-state index contributed by atoms with van der Waals surface area (Å²) in [5.74, 6) is -6.63.